The van der Waals surface area contributed by atoms with Gasteiger partial charge in [0, 0.05) is 5.41 Å². The molecule has 2 aromatic carbocycles. The standard InChI is InChI=1S/C23H29NO4/c1-25-19-10-9-17(13-22(19)26-2)23(11-5-6-12-23)16-24-14-18-15-27-20-7-3-4-8-21(20)28-18/h3-4,7-10,13,18,24H,5-6,11-12,14-16H2,1-2H3/p+1/t18-/m1/s1. The summed E-state index contributed by atoms with van der Waals surface area (Å²) < 4.78 is 22.9. The molecule has 5 heteroatoms. The highest BCUT2D eigenvalue weighted by atomic mass is 16.6. The molecule has 0 amide bonds. The van der Waals surface area contributed by atoms with E-state index in [2.05, 4.69) is 17.4 Å². The van der Waals surface area contributed by atoms with Crippen LogP contribution in [0.1, 0.15) is 31.2 Å². The zero-order valence-electron chi connectivity index (χ0n) is 16.8. The molecule has 4 rings (SSSR count). The molecule has 1 saturated carbocycles. The molecular weight excluding hydrogens is 354 g/mol. The predicted octanol–water partition coefficient (Wildman–Crippen LogP) is 2.92. The number of fused-ring (bicyclic) bond motifs is 1. The first-order valence-corrected chi connectivity index (χ1v) is 10.2. The third-order valence-electron chi connectivity index (χ3n) is 6.09. The molecule has 1 aliphatic heterocycles. The average molecular weight is 384 g/mol. The smallest absolute Gasteiger partial charge is 0.181 e. The molecule has 2 aromatic rings. The highest BCUT2D eigenvalue weighted by Gasteiger charge is 2.38. The van der Waals surface area contributed by atoms with Gasteiger partial charge >= 0.3 is 0 Å². The third kappa shape index (κ3) is 3.76. The van der Waals surface area contributed by atoms with Crippen LogP contribution in [0, 0.1) is 0 Å². The third-order valence-corrected chi connectivity index (χ3v) is 6.09. The predicted molar refractivity (Wildman–Crippen MR) is 108 cm³/mol. The number of hydrogen-bond acceptors (Lipinski definition) is 4. The minimum absolute atomic E-state index is 0.0822. The first-order chi connectivity index (χ1) is 13.7. The number of rotatable bonds is 7. The Morgan fingerprint density at radius 2 is 1.75 bits per heavy atom. The number of para-hydroxylation sites is 2. The maximum absolute atomic E-state index is 6.11. The molecule has 1 atom stereocenters. The van der Waals surface area contributed by atoms with Gasteiger partial charge in [-0.1, -0.05) is 31.0 Å². The van der Waals surface area contributed by atoms with E-state index in [-0.39, 0.29) is 11.5 Å². The Bertz CT molecular complexity index is 801. The normalized spacial score (nSPS) is 20.0. The number of methoxy groups -OCH3 is 2. The molecule has 0 saturated heterocycles. The molecule has 0 aromatic heterocycles. The summed E-state index contributed by atoms with van der Waals surface area (Å²) in [6.45, 7) is 2.55. The lowest BCUT2D eigenvalue weighted by molar-refractivity contribution is -0.667. The van der Waals surface area contributed by atoms with Crippen LogP contribution >= 0.6 is 0 Å². The van der Waals surface area contributed by atoms with Crippen molar-refractivity contribution >= 4 is 0 Å². The minimum atomic E-state index is 0.0822. The molecule has 1 aliphatic carbocycles. The minimum Gasteiger partial charge on any atom is -0.493 e. The van der Waals surface area contributed by atoms with Crippen LogP contribution in [0.3, 0.4) is 0 Å². The highest BCUT2D eigenvalue weighted by Crippen LogP contribution is 2.42. The van der Waals surface area contributed by atoms with E-state index in [1.165, 1.54) is 31.2 Å². The zero-order chi connectivity index (χ0) is 19.4. The van der Waals surface area contributed by atoms with Crippen molar-refractivity contribution in [2.75, 3.05) is 33.9 Å². The van der Waals surface area contributed by atoms with Crippen molar-refractivity contribution < 1.29 is 24.3 Å². The number of quaternary nitrogens is 1. The van der Waals surface area contributed by atoms with Gasteiger partial charge in [-0.15, -0.1) is 0 Å². The molecule has 0 unspecified atom stereocenters. The number of hydrogen-bond donors (Lipinski definition) is 1. The van der Waals surface area contributed by atoms with E-state index in [4.69, 9.17) is 18.9 Å². The summed E-state index contributed by atoms with van der Waals surface area (Å²) in [5.74, 6) is 3.29. The van der Waals surface area contributed by atoms with Crippen LogP contribution in [-0.2, 0) is 5.41 Å². The van der Waals surface area contributed by atoms with E-state index < -0.39 is 0 Å². The molecule has 2 N–H and O–H groups in total. The Morgan fingerprint density at radius 1 is 1.00 bits per heavy atom. The van der Waals surface area contributed by atoms with Crippen LogP contribution in [0.25, 0.3) is 0 Å². The molecule has 2 aliphatic rings. The van der Waals surface area contributed by atoms with Crippen LogP contribution in [0.4, 0.5) is 0 Å². The Morgan fingerprint density at radius 3 is 2.50 bits per heavy atom. The summed E-state index contributed by atoms with van der Waals surface area (Å²) in [6, 6.07) is 14.3. The van der Waals surface area contributed by atoms with Gasteiger partial charge in [-0.3, -0.25) is 0 Å². The van der Waals surface area contributed by atoms with Gasteiger partial charge in [0.1, 0.15) is 13.2 Å². The van der Waals surface area contributed by atoms with E-state index in [0.29, 0.717) is 6.61 Å². The molecule has 0 spiro atoms. The Balaban J connectivity index is 1.42. The molecule has 150 valence electrons. The molecule has 0 bridgehead atoms. The van der Waals surface area contributed by atoms with Gasteiger partial charge in [0.2, 0.25) is 0 Å². The lowest BCUT2D eigenvalue weighted by Crippen LogP contribution is -2.90. The second-order valence-electron chi connectivity index (χ2n) is 7.78. The molecule has 1 heterocycles. The van der Waals surface area contributed by atoms with Crippen molar-refractivity contribution in [2.45, 2.75) is 37.2 Å². The molecular formula is C23H30NO4+. The fraction of sp³-hybridized carbons (Fsp3) is 0.478. The largest absolute Gasteiger partial charge is 0.493 e. The van der Waals surface area contributed by atoms with Crippen molar-refractivity contribution in [3.05, 3.63) is 48.0 Å². The average Bonchev–Trinajstić information content (AvgIpc) is 3.23. The van der Waals surface area contributed by atoms with Gasteiger partial charge in [0.05, 0.1) is 20.8 Å². The van der Waals surface area contributed by atoms with Crippen LogP contribution in [0.5, 0.6) is 23.0 Å². The van der Waals surface area contributed by atoms with E-state index in [9.17, 15) is 0 Å². The summed E-state index contributed by atoms with van der Waals surface area (Å²) in [7, 11) is 3.38. The maximum atomic E-state index is 6.11. The van der Waals surface area contributed by atoms with Gasteiger partial charge in [-0.25, -0.2) is 0 Å². The first-order valence-electron chi connectivity index (χ1n) is 10.2. The SMILES string of the molecule is COc1ccc(C2(C[NH2+]C[C@@H]3COc4ccccc4O3)CCCC2)cc1OC. The summed E-state index contributed by atoms with van der Waals surface area (Å²) >= 11 is 0. The van der Waals surface area contributed by atoms with Crippen molar-refractivity contribution in [1.82, 2.24) is 0 Å². The Labute approximate surface area is 166 Å². The number of benzene rings is 2. The fourth-order valence-electron chi connectivity index (χ4n) is 4.55. The fourth-order valence-corrected chi connectivity index (χ4v) is 4.55. The topological polar surface area (TPSA) is 53.5 Å². The van der Waals surface area contributed by atoms with Gasteiger partial charge in [-0.2, -0.15) is 0 Å². The van der Waals surface area contributed by atoms with Gasteiger partial charge in [-0.05, 0) is 42.7 Å². The van der Waals surface area contributed by atoms with Crippen molar-refractivity contribution in [3.8, 4) is 23.0 Å². The molecule has 0 radical (unpaired) electrons. The summed E-state index contributed by atoms with van der Waals surface area (Å²) in [5.41, 5.74) is 1.54. The quantitative estimate of drug-likeness (QED) is 0.798. The van der Waals surface area contributed by atoms with Gasteiger partial charge < -0.3 is 24.3 Å². The van der Waals surface area contributed by atoms with Crippen molar-refractivity contribution in [2.24, 2.45) is 0 Å². The van der Waals surface area contributed by atoms with Crippen LogP contribution < -0.4 is 24.3 Å². The number of nitrogens with two attached hydrogens (primary N) is 1. The highest BCUT2D eigenvalue weighted by molar-refractivity contribution is 5.45. The Hall–Kier alpha value is -2.40. The van der Waals surface area contributed by atoms with Crippen LogP contribution in [0.2, 0.25) is 0 Å². The van der Waals surface area contributed by atoms with Crippen LogP contribution in [0.15, 0.2) is 42.5 Å². The zero-order valence-corrected chi connectivity index (χ0v) is 16.8. The van der Waals surface area contributed by atoms with E-state index in [1.54, 1.807) is 14.2 Å². The van der Waals surface area contributed by atoms with Crippen LogP contribution in [-0.4, -0.2) is 40.0 Å². The van der Waals surface area contributed by atoms with E-state index >= 15 is 0 Å². The summed E-state index contributed by atoms with van der Waals surface area (Å²) in [6.07, 6.45) is 5.06. The maximum Gasteiger partial charge on any atom is 0.181 e. The Kier molecular flexibility index (Phi) is 5.62. The second-order valence-corrected chi connectivity index (χ2v) is 7.78. The second kappa shape index (κ2) is 8.31. The monoisotopic (exact) mass is 384 g/mol. The lowest BCUT2D eigenvalue weighted by Gasteiger charge is -2.30. The lowest BCUT2D eigenvalue weighted by atomic mass is 9.78. The first kappa shape index (κ1) is 18.9. The molecule has 28 heavy (non-hydrogen) atoms. The van der Waals surface area contributed by atoms with Gasteiger partial charge in [0.25, 0.3) is 0 Å². The van der Waals surface area contributed by atoms with Crippen molar-refractivity contribution in [1.29, 1.82) is 0 Å². The molecule has 5 nitrogen and oxygen atoms in total. The van der Waals surface area contributed by atoms with E-state index in [1.807, 2.05) is 30.3 Å². The summed E-state index contributed by atoms with van der Waals surface area (Å²) in [5, 5.41) is 2.39. The van der Waals surface area contributed by atoms with Crippen molar-refractivity contribution in [3.63, 3.8) is 0 Å². The summed E-state index contributed by atoms with van der Waals surface area (Å²) in [4.78, 5) is 0. The number of ether oxygens (including phenoxy) is 4. The van der Waals surface area contributed by atoms with E-state index in [0.717, 1.165) is 36.1 Å². The molecule has 1 fully saturated rings. The van der Waals surface area contributed by atoms with Gasteiger partial charge in [0.15, 0.2) is 29.1 Å².